The maximum Gasteiger partial charge on any atom is 0.0711 e. The van der Waals surface area contributed by atoms with Crippen LogP contribution in [0.15, 0.2) is 0 Å². The lowest BCUT2D eigenvalue weighted by atomic mass is 9.78. The average Bonchev–Trinajstić information content (AvgIpc) is 2.98. The molecule has 1 saturated carbocycles. The van der Waals surface area contributed by atoms with Gasteiger partial charge in [-0.15, -0.1) is 0 Å². The van der Waals surface area contributed by atoms with E-state index in [4.69, 9.17) is 4.74 Å². The van der Waals surface area contributed by atoms with Crippen molar-refractivity contribution in [2.24, 2.45) is 11.3 Å². The van der Waals surface area contributed by atoms with Crippen LogP contribution in [-0.4, -0.2) is 38.9 Å². The number of methoxy groups -OCH3 is 1. The summed E-state index contributed by atoms with van der Waals surface area (Å²) in [4.78, 5) is 0. The zero-order chi connectivity index (χ0) is 13.7. The Balaban J connectivity index is 1.71. The molecule has 0 bridgehead atoms. The third-order valence-corrected chi connectivity index (χ3v) is 4.91. The Hall–Kier alpha value is -0.120. The number of hydrogen-bond acceptors (Lipinski definition) is 3. The summed E-state index contributed by atoms with van der Waals surface area (Å²) in [5, 5.41) is 7.29. The van der Waals surface area contributed by atoms with Gasteiger partial charge in [-0.2, -0.15) is 0 Å². The molecule has 2 rings (SSSR count). The molecule has 1 aliphatic carbocycles. The van der Waals surface area contributed by atoms with E-state index in [1.165, 1.54) is 38.6 Å². The first-order chi connectivity index (χ1) is 9.13. The maximum atomic E-state index is 5.40. The van der Waals surface area contributed by atoms with E-state index in [9.17, 15) is 0 Å². The van der Waals surface area contributed by atoms with Crippen LogP contribution >= 0.6 is 0 Å². The van der Waals surface area contributed by atoms with E-state index in [2.05, 4.69) is 24.5 Å². The van der Waals surface area contributed by atoms with Crippen LogP contribution in [0.5, 0.6) is 0 Å². The van der Waals surface area contributed by atoms with Gasteiger partial charge in [-0.05, 0) is 37.0 Å². The van der Waals surface area contributed by atoms with Gasteiger partial charge in [0.05, 0.1) is 6.10 Å². The predicted molar refractivity (Wildman–Crippen MR) is 80.4 cm³/mol. The molecule has 19 heavy (non-hydrogen) atoms. The molecule has 3 nitrogen and oxygen atoms in total. The van der Waals surface area contributed by atoms with E-state index in [1.54, 1.807) is 0 Å². The highest BCUT2D eigenvalue weighted by Crippen LogP contribution is 2.42. The molecule has 2 atom stereocenters. The van der Waals surface area contributed by atoms with E-state index < -0.39 is 0 Å². The Morgan fingerprint density at radius 3 is 2.63 bits per heavy atom. The van der Waals surface area contributed by atoms with Gasteiger partial charge in [-0.25, -0.2) is 0 Å². The fraction of sp³-hybridized carbons (Fsp3) is 1.00. The van der Waals surface area contributed by atoms with Gasteiger partial charge < -0.3 is 15.4 Å². The molecule has 0 radical (unpaired) electrons. The van der Waals surface area contributed by atoms with E-state index >= 15 is 0 Å². The molecule has 0 amide bonds. The van der Waals surface area contributed by atoms with Gasteiger partial charge in [0.25, 0.3) is 0 Å². The van der Waals surface area contributed by atoms with Crippen molar-refractivity contribution in [1.29, 1.82) is 0 Å². The number of rotatable bonds is 7. The summed E-state index contributed by atoms with van der Waals surface area (Å²) in [7, 11) is 1.82. The lowest BCUT2D eigenvalue weighted by Gasteiger charge is -2.32. The van der Waals surface area contributed by atoms with Crippen molar-refractivity contribution in [3.8, 4) is 0 Å². The van der Waals surface area contributed by atoms with Crippen LogP contribution in [-0.2, 0) is 4.74 Å². The van der Waals surface area contributed by atoms with E-state index in [0.29, 0.717) is 17.6 Å². The standard InChI is InChI=1S/C16H32N2O/c1-13(2)9-16(6-4-5-7-16)12-17-10-14-8-15(19-3)11-18-14/h13-15,17-18H,4-12H2,1-3H3. The number of ether oxygens (including phenoxy) is 1. The minimum atomic E-state index is 0.419. The van der Waals surface area contributed by atoms with Crippen molar-refractivity contribution in [2.45, 2.75) is 64.5 Å². The normalized spacial score (nSPS) is 30.3. The van der Waals surface area contributed by atoms with Crippen LogP contribution in [0.3, 0.4) is 0 Å². The van der Waals surface area contributed by atoms with Crippen molar-refractivity contribution >= 4 is 0 Å². The van der Waals surface area contributed by atoms with Gasteiger partial charge >= 0.3 is 0 Å². The monoisotopic (exact) mass is 268 g/mol. The summed E-state index contributed by atoms with van der Waals surface area (Å²) >= 11 is 0. The summed E-state index contributed by atoms with van der Waals surface area (Å²) in [6.45, 7) is 8.05. The molecule has 1 heterocycles. The van der Waals surface area contributed by atoms with Crippen LogP contribution in [0.4, 0.5) is 0 Å². The van der Waals surface area contributed by atoms with E-state index in [1.807, 2.05) is 7.11 Å². The molecule has 2 fully saturated rings. The molecule has 1 aliphatic heterocycles. The highest BCUT2D eigenvalue weighted by atomic mass is 16.5. The Morgan fingerprint density at radius 2 is 2.05 bits per heavy atom. The molecule has 2 unspecified atom stereocenters. The SMILES string of the molecule is COC1CNC(CNCC2(CC(C)C)CCCC2)C1. The molecule has 2 N–H and O–H groups in total. The maximum absolute atomic E-state index is 5.40. The Bertz CT molecular complexity index is 261. The van der Waals surface area contributed by atoms with Crippen LogP contribution in [0.1, 0.15) is 52.4 Å². The Kier molecular flexibility index (Phi) is 5.67. The third kappa shape index (κ3) is 4.44. The van der Waals surface area contributed by atoms with Gasteiger partial charge in [-0.1, -0.05) is 26.7 Å². The molecular formula is C16H32N2O. The fourth-order valence-electron chi connectivity index (χ4n) is 4.07. The van der Waals surface area contributed by atoms with Crippen LogP contribution in [0.2, 0.25) is 0 Å². The molecule has 2 aliphatic rings. The van der Waals surface area contributed by atoms with Crippen molar-refractivity contribution in [1.82, 2.24) is 10.6 Å². The minimum Gasteiger partial charge on any atom is -0.380 e. The summed E-state index contributed by atoms with van der Waals surface area (Å²) in [6, 6.07) is 0.599. The molecule has 0 aromatic rings. The van der Waals surface area contributed by atoms with Gasteiger partial charge in [0.1, 0.15) is 0 Å². The van der Waals surface area contributed by atoms with Crippen LogP contribution in [0.25, 0.3) is 0 Å². The summed E-state index contributed by atoms with van der Waals surface area (Å²) in [5.74, 6) is 0.822. The van der Waals surface area contributed by atoms with Crippen LogP contribution in [0, 0.1) is 11.3 Å². The third-order valence-electron chi connectivity index (χ3n) is 4.91. The smallest absolute Gasteiger partial charge is 0.0711 e. The van der Waals surface area contributed by atoms with E-state index in [0.717, 1.165) is 25.4 Å². The number of hydrogen-bond donors (Lipinski definition) is 2. The highest BCUT2D eigenvalue weighted by molar-refractivity contribution is 4.89. The molecular weight excluding hydrogens is 236 g/mol. The van der Waals surface area contributed by atoms with Crippen LogP contribution < -0.4 is 10.6 Å². The quantitative estimate of drug-likeness (QED) is 0.744. The summed E-state index contributed by atoms with van der Waals surface area (Å²) < 4.78 is 5.40. The molecule has 3 heteroatoms. The van der Waals surface area contributed by atoms with Gasteiger partial charge in [-0.3, -0.25) is 0 Å². The van der Waals surface area contributed by atoms with Crippen molar-refractivity contribution < 1.29 is 4.74 Å². The van der Waals surface area contributed by atoms with Gasteiger partial charge in [0, 0.05) is 32.8 Å². The molecule has 1 saturated heterocycles. The first-order valence-electron chi connectivity index (χ1n) is 8.10. The zero-order valence-electron chi connectivity index (χ0n) is 13.0. The van der Waals surface area contributed by atoms with Crippen molar-refractivity contribution in [3.05, 3.63) is 0 Å². The van der Waals surface area contributed by atoms with Gasteiger partial charge in [0.2, 0.25) is 0 Å². The van der Waals surface area contributed by atoms with Gasteiger partial charge in [0.15, 0.2) is 0 Å². The zero-order valence-corrected chi connectivity index (χ0v) is 13.0. The first kappa shape index (κ1) is 15.3. The van der Waals surface area contributed by atoms with Crippen molar-refractivity contribution in [3.63, 3.8) is 0 Å². The fourth-order valence-corrected chi connectivity index (χ4v) is 4.07. The molecule has 0 aromatic carbocycles. The Morgan fingerprint density at radius 1 is 1.32 bits per heavy atom. The molecule has 0 spiro atoms. The summed E-state index contributed by atoms with van der Waals surface area (Å²) in [6.07, 6.45) is 8.68. The Labute approximate surface area is 118 Å². The molecule has 0 aromatic heterocycles. The largest absolute Gasteiger partial charge is 0.380 e. The number of nitrogens with one attached hydrogen (secondary N) is 2. The second-order valence-corrected chi connectivity index (χ2v) is 7.13. The predicted octanol–water partition coefficient (Wildman–Crippen LogP) is 2.56. The topological polar surface area (TPSA) is 33.3 Å². The lowest BCUT2D eigenvalue weighted by Crippen LogP contribution is -2.40. The lowest BCUT2D eigenvalue weighted by molar-refractivity contribution is 0.117. The first-order valence-corrected chi connectivity index (χ1v) is 8.10. The highest BCUT2D eigenvalue weighted by Gasteiger charge is 2.34. The van der Waals surface area contributed by atoms with Crippen molar-refractivity contribution in [2.75, 3.05) is 26.7 Å². The molecule has 112 valence electrons. The van der Waals surface area contributed by atoms with E-state index in [-0.39, 0.29) is 0 Å². The second kappa shape index (κ2) is 7.05. The average molecular weight is 268 g/mol. The second-order valence-electron chi connectivity index (χ2n) is 7.13. The minimum absolute atomic E-state index is 0.419. The summed E-state index contributed by atoms with van der Waals surface area (Å²) in [5.41, 5.74) is 0.591.